The van der Waals surface area contributed by atoms with Crippen LogP contribution in [-0.2, 0) is 19.1 Å². The van der Waals surface area contributed by atoms with Gasteiger partial charge in [-0.15, -0.1) is 0 Å². The van der Waals surface area contributed by atoms with Gasteiger partial charge in [0, 0.05) is 12.3 Å². The fraction of sp³-hybridized carbons (Fsp3) is 0.727. The average molecular weight is 261 g/mol. The van der Waals surface area contributed by atoms with Crippen molar-refractivity contribution in [2.45, 2.75) is 38.8 Å². The molecule has 0 aromatic heterocycles. The van der Waals surface area contributed by atoms with Gasteiger partial charge in [-0.3, -0.25) is 9.59 Å². The number of carbonyl (C=O) groups excluding carboxylic acids is 2. The topological polar surface area (TPSA) is 113 Å². The molecule has 0 rings (SSSR count). The van der Waals surface area contributed by atoms with Crippen molar-refractivity contribution in [3.8, 4) is 0 Å². The van der Waals surface area contributed by atoms with E-state index in [-0.39, 0.29) is 12.8 Å². The molecule has 0 spiro atoms. The van der Waals surface area contributed by atoms with Crippen LogP contribution in [0.3, 0.4) is 0 Å². The molecule has 2 unspecified atom stereocenters. The molecule has 3 N–H and O–H groups in total. The van der Waals surface area contributed by atoms with Crippen LogP contribution in [0.1, 0.15) is 26.7 Å². The molecule has 0 bridgehead atoms. The van der Waals surface area contributed by atoms with Gasteiger partial charge in [0.05, 0.1) is 13.2 Å². The summed E-state index contributed by atoms with van der Waals surface area (Å²) in [5, 5.41) is 20.2. The first-order valence-electron chi connectivity index (χ1n) is 5.57. The Morgan fingerprint density at radius 3 is 2.22 bits per heavy atom. The van der Waals surface area contributed by atoms with Gasteiger partial charge in [-0.2, -0.15) is 0 Å². The van der Waals surface area contributed by atoms with Crippen molar-refractivity contribution in [3.05, 3.63) is 0 Å². The summed E-state index contributed by atoms with van der Waals surface area (Å²) >= 11 is 0. The highest BCUT2D eigenvalue weighted by molar-refractivity contribution is 5.85. The summed E-state index contributed by atoms with van der Waals surface area (Å²) in [4.78, 5) is 33.3. The molecule has 18 heavy (non-hydrogen) atoms. The number of carbonyl (C=O) groups is 3. The molecule has 0 heterocycles. The SMILES string of the molecule is COC(=O)CCC(C)C(=O)N[C@H](C(=O)O)C(C)O. The Labute approximate surface area is 105 Å². The molecule has 0 aliphatic rings. The second-order valence-electron chi connectivity index (χ2n) is 4.08. The fourth-order valence-corrected chi connectivity index (χ4v) is 1.25. The highest BCUT2D eigenvalue weighted by Gasteiger charge is 2.27. The number of carboxylic acids is 1. The number of aliphatic carboxylic acids is 1. The normalized spacial score (nSPS) is 15.3. The summed E-state index contributed by atoms with van der Waals surface area (Å²) in [5.41, 5.74) is 0. The lowest BCUT2D eigenvalue weighted by molar-refractivity contribution is -0.146. The third-order valence-corrected chi connectivity index (χ3v) is 2.50. The van der Waals surface area contributed by atoms with E-state index in [0.717, 1.165) is 0 Å². The lowest BCUT2D eigenvalue weighted by Gasteiger charge is -2.19. The minimum absolute atomic E-state index is 0.0809. The number of carboxylic acid groups (broad SMARTS) is 1. The Balaban J connectivity index is 4.29. The second-order valence-corrected chi connectivity index (χ2v) is 4.08. The number of aliphatic hydroxyl groups is 1. The minimum atomic E-state index is -1.35. The summed E-state index contributed by atoms with van der Waals surface area (Å²) in [6.45, 7) is 2.84. The zero-order chi connectivity index (χ0) is 14.3. The molecule has 0 aromatic carbocycles. The van der Waals surface area contributed by atoms with E-state index in [1.807, 2.05) is 0 Å². The van der Waals surface area contributed by atoms with Crippen LogP contribution in [0.2, 0.25) is 0 Å². The summed E-state index contributed by atoms with van der Waals surface area (Å²) < 4.78 is 4.43. The third-order valence-electron chi connectivity index (χ3n) is 2.50. The van der Waals surface area contributed by atoms with Crippen LogP contribution < -0.4 is 5.32 Å². The number of hydrogen-bond donors (Lipinski definition) is 3. The Hall–Kier alpha value is -1.63. The smallest absolute Gasteiger partial charge is 0.328 e. The largest absolute Gasteiger partial charge is 0.480 e. The van der Waals surface area contributed by atoms with Gasteiger partial charge < -0.3 is 20.3 Å². The van der Waals surface area contributed by atoms with E-state index in [9.17, 15) is 19.5 Å². The van der Waals surface area contributed by atoms with Crippen molar-refractivity contribution in [2.24, 2.45) is 5.92 Å². The molecule has 3 atom stereocenters. The summed E-state index contributed by atoms with van der Waals surface area (Å²) in [6.07, 6.45) is -0.860. The van der Waals surface area contributed by atoms with Crippen LogP contribution in [0.25, 0.3) is 0 Å². The Kier molecular flexibility index (Phi) is 6.96. The van der Waals surface area contributed by atoms with Crippen molar-refractivity contribution in [3.63, 3.8) is 0 Å². The van der Waals surface area contributed by atoms with Crippen LogP contribution in [0, 0.1) is 5.92 Å². The van der Waals surface area contributed by atoms with Crippen molar-refractivity contribution >= 4 is 17.8 Å². The summed E-state index contributed by atoms with van der Waals surface area (Å²) in [7, 11) is 1.25. The molecule has 0 radical (unpaired) electrons. The van der Waals surface area contributed by atoms with Crippen LogP contribution in [0.5, 0.6) is 0 Å². The maximum absolute atomic E-state index is 11.6. The molecule has 0 aliphatic heterocycles. The highest BCUT2D eigenvalue weighted by atomic mass is 16.5. The van der Waals surface area contributed by atoms with Gasteiger partial charge in [0.2, 0.25) is 5.91 Å². The van der Waals surface area contributed by atoms with Gasteiger partial charge in [0.15, 0.2) is 6.04 Å². The Morgan fingerprint density at radius 1 is 1.28 bits per heavy atom. The van der Waals surface area contributed by atoms with Gasteiger partial charge in [-0.05, 0) is 13.3 Å². The van der Waals surface area contributed by atoms with Crippen LogP contribution in [-0.4, -0.2) is 47.3 Å². The Morgan fingerprint density at radius 2 is 1.83 bits per heavy atom. The second kappa shape index (κ2) is 7.65. The number of nitrogens with one attached hydrogen (secondary N) is 1. The van der Waals surface area contributed by atoms with E-state index in [0.29, 0.717) is 0 Å². The number of amides is 1. The average Bonchev–Trinajstić information content (AvgIpc) is 2.30. The lowest BCUT2D eigenvalue weighted by atomic mass is 10.0. The number of ether oxygens (including phenoxy) is 1. The first-order valence-corrected chi connectivity index (χ1v) is 5.57. The zero-order valence-electron chi connectivity index (χ0n) is 10.7. The van der Waals surface area contributed by atoms with E-state index in [1.54, 1.807) is 6.92 Å². The number of rotatable bonds is 7. The summed E-state index contributed by atoms with van der Waals surface area (Å²) in [5.74, 6) is -2.80. The predicted octanol–water partition coefficient (Wildman–Crippen LogP) is -0.474. The van der Waals surface area contributed by atoms with Crippen LogP contribution >= 0.6 is 0 Å². The number of esters is 1. The zero-order valence-corrected chi connectivity index (χ0v) is 10.7. The van der Waals surface area contributed by atoms with Gasteiger partial charge in [-0.1, -0.05) is 6.92 Å². The third kappa shape index (κ3) is 5.62. The summed E-state index contributed by atoms with van der Waals surface area (Å²) in [6, 6.07) is -1.35. The van der Waals surface area contributed by atoms with Gasteiger partial charge in [-0.25, -0.2) is 4.79 Å². The van der Waals surface area contributed by atoms with E-state index in [4.69, 9.17) is 5.11 Å². The van der Waals surface area contributed by atoms with Crippen molar-refractivity contribution in [1.82, 2.24) is 5.32 Å². The van der Waals surface area contributed by atoms with Crippen molar-refractivity contribution < 1.29 is 29.3 Å². The molecular formula is C11H19NO6. The molecule has 0 aromatic rings. The first kappa shape index (κ1) is 16.4. The van der Waals surface area contributed by atoms with E-state index >= 15 is 0 Å². The number of aliphatic hydroxyl groups excluding tert-OH is 1. The molecule has 104 valence electrons. The van der Waals surface area contributed by atoms with E-state index in [1.165, 1.54) is 14.0 Å². The van der Waals surface area contributed by atoms with E-state index in [2.05, 4.69) is 10.1 Å². The van der Waals surface area contributed by atoms with Crippen molar-refractivity contribution in [2.75, 3.05) is 7.11 Å². The van der Waals surface area contributed by atoms with Gasteiger partial charge in [0.1, 0.15) is 0 Å². The Bertz CT molecular complexity index is 315. The predicted molar refractivity (Wildman–Crippen MR) is 61.7 cm³/mol. The lowest BCUT2D eigenvalue weighted by Crippen LogP contribution is -2.49. The fourth-order valence-electron chi connectivity index (χ4n) is 1.25. The van der Waals surface area contributed by atoms with Crippen LogP contribution in [0.15, 0.2) is 0 Å². The minimum Gasteiger partial charge on any atom is -0.480 e. The van der Waals surface area contributed by atoms with Crippen LogP contribution in [0.4, 0.5) is 0 Å². The van der Waals surface area contributed by atoms with Crippen molar-refractivity contribution in [1.29, 1.82) is 0 Å². The molecule has 1 amide bonds. The van der Waals surface area contributed by atoms with E-state index < -0.39 is 35.9 Å². The highest BCUT2D eigenvalue weighted by Crippen LogP contribution is 2.07. The first-order chi connectivity index (χ1) is 8.29. The maximum Gasteiger partial charge on any atom is 0.328 e. The monoisotopic (exact) mass is 261 g/mol. The molecule has 0 saturated carbocycles. The van der Waals surface area contributed by atoms with Gasteiger partial charge in [0.25, 0.3) is 0 Å². The molecule has 7 heteroatoms. The maximum atomic E-state index is 11.6. The van der Waals surface area contributed by atoms with Gasteiger partial charge >= 0.3 is 11.9 Å². The standard InChI is InChI=1S/C11H19NO6/c1-6(4-5-8(14)18-3)10(15)12-9(7(2)13)11(16)17/h6-7,9,13H,4-5H2,1-3H3,(H,12,15)(H,16,17)/t6?,7?,9-/m0/s1. The molecule has 0 aliphatic carbocycles. The molecule has 0 saturated heterocycles. The number of hydrogen-bond acceptors (Lipinski definition) is 5. The quantitative estimate of drug-likeness (QED) is 0.534. The number of methoxy groups -OCH3 is 1. The molecule has 7 nitrogen and oxygen atoms in total. The molecule has 0 fully saturated rings. The molecular weight excluding hydrogens is 242 g/mol.